The quantitative estimate of drug-likeness (QED) is 0.152. The van der Waals surface area contributed by atoms with Gasteiger partial charge in [0.05, 0.1) is 30.4 Å². The molecule has 3 aromatic carbocycles. The number of hydrogen-bond donors (Lipinski definition) is 3. The number of aryl methyl sites for hydroxylation is 1. The van der Waals surface area contributed by atoms with E-state index in [1.165, 1.54) is 16.7 Å². The summed E-state index contributed by atoms with van der Waals surface area (Å²) in [5.74, 6) is 1.46. The Bertz CT molecular complexity index is 1880. The average molecular weight is 629 g/mol. The molecule has 5 aromatic rings. The van der Waals surface area contributed by atoms with Gasteiger partial charge in [0, 0.05) is 28.6 Å². The molecule has 0 aliphatic heterocycles. The maximum absolute atomic E-state index is 13.5. The van der Waals surface area contributed by atoms with Crippen molar-refractivity contribution in [1.29, 1.82) is 0 Å². The molecule has 1 atom stereocenters. The smallest absolute Gasteiger partial charge is 0.324 e. The highest BCUT2D eigenvalue weighted by molar-refractivity contribution is 6.08. The van der Waals surface area contributed by atoms with Gasteiger partial charge < -0.3 is 15.4 Å². The SMILES string of the molecule is COc1ccc(CCNC2C=C(c3ccc(NC(=O)Nc4cc(C(C)(C)C)nn4-c4ccc(C)nc4)c4ccccc34)CCC2)cc1. The summed E-state index contributed by atoms with van der Waals surface area (Å²) in [6, 6.07) is 26.6. The van der Waals surface area contributed by atoms with Crippen molar-refractivity contribution < 1.29 is 9.53 Å². The zero-order valence-electron chi connectivity index (χ0n) is 27.9. The van der Waals surface area contributed by atoms with E-state index in [4.69, 9.17) is 9.84 Å². The molecule has 47 heavy (non-hydrogen) atoms. The molecule has 3 N–H and O–H groups in total. The van der Waals surface area contributed by atoms with Crippen LogP contribution in [0.2, 0.25) is 0 Å². The van der Waals surface area contributed by atoms with Crippen LogP contribution in [0.1, 0.15) is 62.5 Å². The Hall–Kier alpha value is -4.95. The van der Waals surface area contributed by atoms with E-state index in [2.05, 4.69) is 84.2 Å². The van der Waals surface area contributed by atoms with Crippen molar-refractivity contribution in [3.63, 3.8) is 0 Å². The number of anilines is 2. The first kappa shape index (κ1) is 32.0. The number of carbonyl (C=O) groups is 1. The van der Waals surface area contributed by atoms with Crippen molar-refractivity contribution >= 4 is 33.9 Å². The number of hydrogen-bond acceptors (Lipinski definition) is 5. The molecular formula is C39H44N6O2. The van der Waals surface area contributed by atoms with E-state index in [0.717, 1.165) is 71.5 Å². The van der Waals surface area contributed by atoms with Crippen LogP contribution in [0, 0.1) is 6.92 Å². The third kappa shape index (κ3) is 7.55. The minimum Gasteiger partial charge on any atom is -0.497 e. The average Bonchev–Trinajstić information content (AvgIpc) is 3.50. The van der Waals surface area contributed by atoms with Gasteiger partial charge in [-0.2, -0.15) is 5.10 Å². The van der Waals surface area contributed by atoms with Gasteiger partial charge in [-0.3, -0.25) is 10.3 Å². The second kappa shape index (κ2) is 13.8. The van der Waals surface area contributed by atoms with Gasteiger partial charge in [-0.15, -0.1) is 0 Å². The van der Waals surface area contributed by atoms with Crippen LogP contribution < -0.4 is 20.7 Å². The maximum Gasteiger partial charge on any atom is 0.324 e. The van der Waals surface area contributed by atoms with Crippen molar-refractivity contribution in [3.05, 3.63) is 114 Å². The largest absolute Gasteiger partial charge is 0.497 e. The molecule has 1 unspecified atom stereocenters. The standard InChI is InChI=1S/C39H44N6O2/c1-26-13-16-30(25-41-26)45-37(24-36(44-45)39(2,3)4)43-38(46)42-35-20-19-32(33-11-6-7-12-34(33)35)28-9-8-10-29(23-28)40-22-21-27-14-17-31(47-5)18-15-27/h6-7,11-20,23-25,29,40H,8-10,21-22H2,1-5H3,(H2,42,43,46). The molecule has 0 saturated heterocycles. The Kier molecular flexibility index (Phi) is 9.41. The summed E-state index contributed by atoms with van der Waals surface area (Å²) < 4.78 is 7.03. The summed E-state index contributed by atoms with van der Waals surface area (Å²) in [7, 11) is 1.69. The molecule has 2 aromatic heterocycles. The molecule has 6 rings (SSSR count). The summed E-state index contributed by atoms with van der Waals surface area (Å²) in [6.45, 7) is 9.17. The number of ether oxygens (including phenoxy) is 1. The van der Waals surface area contributed by atoms with Gasteiger partial charge >= 0.3 is 6.03 Å². The summed E-state index contributed by atoms with van der Waals surface area (Å²) in [4.78, 5) is 17.9. The van der Waals surface area contributed by atoms with Gasteiger partial charge in [-0.1, -0.05) is 69.3 Å². The van der Waals surface area contributed by atoms with Crippen molar-refractivity contribution in [2.75, 3.05) is 24.3 Å². The van der Waals surface area contributed by atoms with Crippen molar-refractivity contribution in [1.82, 2.24) is 20.1 Å². The van der Waals surface area contributed by atoms with Crippen LogP contribution >= 0.6 is 0 Å². The second-order valence-electron chi connectivity index (χ2n) is 13.3. The lowest BCUT2D eigenvalue weighted by molar-refractivity contribution is 0.262. The number of fused-ring (bicyclic) bond motifs is 1. The molecule has 1 aliphatic rings. The lowest BCUT2D eigenvalue weighted by Crippen LogP contribution is -2.31. The minimum atomic E-state index is -0.331. The number of aromatic nitrogens is 3. The van der Waals surface area contributed by atoms with Crippen LogP contribution in [-0.2, 0) is 11.8 Å². The highest BCUT2D eigenvalue weighted by atomic mass is 16.5. The van der Waals surface area contributed by atoms with Crippen LogP contribution in [0.5, 0.6) is 5.75 Å². The third-order valence-corrected chi connectivity index (χ3v) is 8.72. The molecule has 0 fully saturated rings. The molecule has 0 spiro atoms. The Morgan fingerprint density at radius 1 is 0.979 bits per heavy atom. The predicted octanol–water partition coefficient (Wildman–Crippen LogP) is 8.45. The number of pyridine rings is 1. The summed E-state index contributed by atoms with van der Waals surface area (Å²) >= 11 is 0. The molecule has 0 saturated carbocycles. The number of carbonyl (C=O) groups excluding carboxylic acids is 1. The van der Waals surface area contributed by atoms with Crippen LogP contribution in [-0.4, -0.2) is 40.5 Å². The first-order valence-corrected chi connectivity index (χ1v) is 16.4. The molecule has 0 radical (unpaired) electrons. The number of nitrogens with one attached hydrogen (secondary N) is 3. The second-order valence-corrected chi connectivity index (χ2v) is 13.3. The first-order chi connectivity index (χ1) is 22.7. The number of benzene rings is 3. The number of methoxy groups -OCH3 is 1. The summed E-state index contributed by atoms with van der Waals surface area (Å²) in [5.41, 5.74) is 6.99. The van der Waals surface area contributed by atoms with E-state index in [1.807, 2.05) is 49.4 Å². The Labute approximate surface area is 277 Å². The minimum absolute atomic E-state index is 0.193. The normalized spacial score (nSPS) is 14.9. The number of allylic oxidation sites excluding steroid dienone is 1. The van der Waals surface area contributed by atoms with E-state index in [0.29, 0.717) is 11.9 Å². The van der Waals surface area contributed by atoms with E-state index in [-0.39, 0.29) is 11.4 Å². The van der Waals surface area contributed by atoms with E-state index in [9.17, 15) is 4.79 Å². The topological polar surface area (TPSA) is 93.1 Å². The van der Waals surface area contributed by atoms with Gasteiger partial charge in [0.2, 0.25) is 0 Å². The van der Waals surface area contributed by atoms with Crippen LogP contribution in [0.25, 0.3) is 22.0 Å². The fraction of sp³-hybridized carbons (Fsp3) is 0.308. The molecule has 0 bridgehead atoms. The molecule has 8 nitrogen and oxygen atoms in total. The van der Waals surface area contributed by atoms with Crippen LogP contribution in [0.3, 0.4) is 0 Å². The first-order valence-electron chi connectivity index (χ1n) is 16.4. The summed E-state index contributed by atoms with van der Waals surface area (Å²) in [6.07, 6.45) is 8.41. The Morgan fingerprint density at radius 3 is 2.49 bits per heavy atom. The van der Waals surface area contributed by atoms with E-state index >= 15 is 0 Å². The van der Waals surface area contributed by atoms with Gasteiger partial charge in [0.25, 0.3) is 0 Å². The molecular weight excluding hydrogens is 584 g/mol. The molecule has 2 amide bonds. The monoisotopic (exact) mass is 628 g/mol. The molecule has 242 valence electrons. The van der Waals surface area contributed by atoms with Gasteiger partial charge in [-0.05, 0) is 91.6 Å². The predicted molar refractivity (Wildman–Crippen MR) is 192 cm³/mol. The number of amides is 2. The number of nitrogens with zero attached hydrogens (tertiary/aromatic N) is 3. The Balaban J connectivity index is 1.19. The third-order valence-electron chi connectivity index (χ3n) is 8.72. The highest BCUT2D eigenvalue weighted by Gasteiger charge is 2.22. The van der Waals surface area contributed by atoms with E-state index < -0.39 is 0 Å². The summed E-state index contributed by atoms with van der Waals surface area (Å²) in [5, 5.41) is 16.9. The number of rotatable bonds is 9. The van der Waals surface area contributed by atoms with E-state index in [1.54, 1.807) is 18.0 Å². The van der Waals surface area contributed by atoms with Crippen molar-refractivity contribution in [2.24, 2.45) is 0 Å². The van der Waals surface area contributed by atoms with Crippen LogP contribution in [0.15, 0.2) is 91.1 Å². The zero-order valence-corrected chi connectivity index (χ0v) is 27.9. The number of urea groups is 1. The van der Waals surface area contributed by atoms with Crippen LogP contribution in [0.4, 0.5) is 16.3 Å². The lowest BCUT2D eigenvalue weighted by Gasteiger charge is -2.24. The van der Waals surface area contributed by atoms with Gasteiger partial charge in [0.1, 0.15) is 11.6 Å². The fourth-order valence-corrected chi connectivity index (χ4v) is 6.08. The van der Waals surface area contributed by atoms with Gasteiger partial charge in [0.15, 0.2) is 0 Å². The molecule has 2 heterocycles. The molecule has 8 heteroatoms. The lowest BCUT2D eigenvalue weighted by atomic mass is 9.88. The van der Waals surface area contributed by atoms with Crippen molar-refractivity contribution in [2.45, 2.75) is 64.8 Å². The highest BCUT2D eigenvalue weighted by Crippen LogP contribution is 2.35. The zero-order chi connectivity index (χ0) is 33.0. The van der Waals surface area contributed by atoms with Crippen molar-refractivity contribution in [3.8, 4) is 11.4 Å². The molecule has 1 aliphatic carbocycles. The van der Waals surface area contributed by atoms with Gasteiger partial charge in [-0.25, -0.2) is 9.48 Å². The Morgan fingerprint density at radius 2 is 1.77 bits per heavy atom. The maximum atomic E-state index is 13.5. The fourth-order valence-electron chi connectivity index (χ4n) is 6.08.